The van der Waals surface area contributed by atoms with Gasteiger partial charge < -0.3 is 4.52 Å². The molecule has 1 aliphatic rings. The zero-order chi connectivity index (χ0) is 16.4. The monoisotopic (exact) mass is 342 g/mol. The molecule has 0 atom stereocenters. The molecule has 0 aliphatic heterocycles. The predicted octanol–water partition coefficient (Wildman–Crippen LogP) is 3.37. The van der Waals surface area contributed by atoms with Gasteiger partial charge in [0.2, 0.25) is 5.89 Å². The van der Waals surface area contributed by atoms with Crippen LogP contribution in [0.15, 0.2) is 27.6 Å². The molecule has 0 radical (unpaired) electrons. The van der Waals surface area contributed by atoms with Crippen LogP contribution in [0, 0.1) is 11.6 Å². The minimum Gasteiger partial charge on any atom is -0.339 e. The molecule has 2 aromatic rings. The molecule has 1 aliphatic carbocycles. The van der Waals surface area contributed by atoms with Crippen LogP contribution in [0.25, 0.3) is 0 Å². The number of hydrogen-bond donors (Lipinski definition) is 0. The van der Waals surface area contributed by atoms with Crippen molar-refractivity contribution in [1.82, 2.24) is 10.1 Å². The summed E-state index contributed by atoms with van der Waals surface area (Å²) in [5.41, 5.74) is 0. The van der Waals surface area contributed by atoms with Crippen LogP contribution in [0.3, 0.4) is 0 Å². The minimum absolute atomic E-state index is 0.0373. The first-order chi connectivity index (χ1) is 11.0. The summed E-state index contributed by atoms with van der Waals surface area (Å²) in [5.74, 6) is -2.13. The lowest BCUT2D eigenvalue weighted by Gasteiger charge is -2.17. The molecule has 5 nitrogen and oxygen atoms in total. The highest BCUT2D eigenvalue weighted by molar-refractivity contribution is 7.90. The van der Waals surface area contributed by atoms with Gasteiger partial charge in [0.15, 0.2) is 27.3 Å². The fourth-order valence-electron chi connectivity index (χ4n) is 2.77. The summed E-state index contributed by atoms with van der Waals surface area (Å²) < 4.78 is 55.8. The van der Waals surface area contributed by atoms with Crippen LogP contribution in [0.1, 0.15) is 49.7 Å². The predicted molar refractivity (Wildman–Crippen MR) is 77.4 cm³/mol. The van der Waals surface area contributed by atoms with Crippen LogP contribution in [-0.4, -0.2) is 18.6 Å². The number of nitrogens with zero attached hydrogens (tertiary/aromatic N) is 2. The van der Waals surface area contributed by atoms with Gasteiger partial charge in [0, 0.05) is 5.92 Å². The third-order valence-electron chi connectivity index (χ3n) is 4.01. The molecule has 0 bridgehead atoms. The molecule has 8 heteroatoms. The van der Waals surface area contributed by atoms with Crippen LogP contribution in [0.4, 0.5) is 8.78 Å². The first-order valence-electron chi connectivity index (χ1n) is 7.46. The van der Waals surface area contributed by atoms with E-state index in [1.54, 1.807) is 0 Å². The molecule has 1 saturated carbocycles. The Balaban J connectivity index is 1.77. The smallest absolute Gasteiger partial charge is 0.229 e. The number of sulfone groups is 1. The number of hydrogen-bond acceptors (Lipinski definition) is 5. The summed E-state index contributed by atoms with van der Waals surface area (Å²) in [6.07, 6.45) is 5.28. The van der Waals surface area contributed by atoms with Gasteiger partial charge in [0.1, 0.15) is 5.75 Å². The van der Waals surface area contributed by atoms with E-state index in [0.717, 1.165) is 37.8 Å². The lowest BCUT2D eigenvalue weighted by atomic mass is 9.89. The van der Waals surface area contributed by atoms with Crippen LogP contribution < -0.4 is 0 Å². The molecular weight excluding hydrogens is 326 g/mol. The zero-order valence-corrected chi connectivity index (χ0v) is 13.2. The molecule has 23 heavy (non-hydrogen) atoms. The Hall–Kier alpha value is -1.83. The molecule has 1 fully saturated rings. The van der Waals surface area contributed by atoms with E-state index in [2.05, 4.69) is 10.1 Å². The molecule has 0 N–H and O–H groups in total. The molecular formula is C15H16F2N2O3S. The van der Waals surface area contributed by atoms with E-state index in [1.165, 1.54) is 6.42 Å². The van der Waals surface area contributed by atoms with E-state index in [9.17, 15) is 17.2 Å². The van der Waals surface area contributed by atoms with Crippen molar-refractivity contribution in [3.05, 3.63) is 41.5 Å². The maximum Gasteiger partial charge on any atom is 0.229 e. The normalized spacial score (nSPS) is 16.6. The molecule has 0 amide bonds. The second-order valence-corrected chi connectivity index (χ2v) is 7.71. The molecule has 1 heterocycles. The Morgan fingerprint density at radius 3 is 2.57 bits per heavy atom. The molecule has 1 aromatic carbocycles. The zero-order valence-electron chi connectivity index (χ0n) is 12.3. The van der Waals surface area contributed by atoms with Crippen molar-refractivity contribution < 1.29 is 21.7 Å². The van der Waals surface area contributed by atoms with Crippen LogP contribution in [0.2, 0.25) is 0 Å². The average Bonchev–Trinajstić information content (AvgIpc) is 2.98. The summed E-state index contributed by atoms with van der Waals surface area (Å²) in [6.45, 7) is 0. The van der Waals surface area contributed by atoms with E-state index in [-0.39, 0.29) is 16.6 Å². The highest BCUT2D eigenvalue weighted by Crippen LogP contribution is 2.31. The second-order valence-electron chi connectivity index (χ2n) is 5.72. The summed E-state index contributed by atoms with van der Waals surface area (Å²) >= 11 is 0. The maximum absolute atomic E-state index is 13.2. The van der Waals surface area contributed by atoms with Crippen molar-refractivity contribution in [1.29, 1.82) is 0 Å². The van der Waals surface area contributed by atoms with Crippen molar-refractivity contribution in [2.24, 2.45) is 0 Å². The van der Waals surface area contributed by atoms with Gasteiger partial charge in [0.25, 0.3) is 0 Å². The van der Waals surface area contributed by atoms with E-state index < -0.39 is 27.2 Å². The van der Waals surface area contributed by atoms with Crippen LogP contribution in [0.5, 0.6) is 0 Å². The van der Waals surface area contributed by atoms with E-state index in [1.807, 2.05) is 0 Å². The molecule has 124 valence electrons. The van der Waals surface area contributed by atoms with Gasteiger partial charge in [-0.15, -0.1) is 0 Å². The number of benzene rings is 1. The Labute approximate surface area is 132 Å². The Bertz CT molecular complexity index is 799. The minimum atomic E-state index is -3.86. The first-order valence-corrected chi connectivity index (χ1v) is 9.11. The van der Waals surface area contributed by atoms with Crippen molar-refractivity contribution >= 4 is 9.84 Å². The largest absolute Gasteiger partial charge is 0.339 e. The fraction of sp³-hybridized carbons (Fsp3) is 0.467. The quantitative estimate of drug-likeness (QED) is 0.797. The molecule has 0 spiro atoms. The lowest BCUT2D eigenvalue weighted by molar-refractivity contribution is 0.312. The van der Waals surface area contributed by atoms with Crippen molar-refractivity contribution in [2.45, 2.75) is 48.7 Å². The van der Waals surface area contributed by atoms with Crippen LogP contribution in [-0.2, 0) is 15.6 Å². The highest BCUT2D eigenvalue weighted by Gasteiger charge is 2.24. The molecule has 0 unspecified atom stereocenters. The van der Waals surface area contributed by atoms with Gasteiger partial charge in [0.05, 0.1) is 4.90 Å². The summed E-state index contributed by atoms with van der Waals surface area (Å²) in [5, 5.41) is 3.71. The van der Waals surface area contributed by atoms with Gasteiger partial charge in [-0.1, -0.05) is 24.4 Å². The first kappa shape index (κ1) is 16.0. The topological polar surface area (TPSA) is 73.1 Å². The maximum atomic E-state index is 13.2. The SMILES string of the molecule is O=S(=O)(Cc1noc(C2CCCCC2)n1)c1ccc(F)c(F)c1. The lowest BCUT2D eigenvalue weighted by Crippen LogP contribution is -2.08. The third kappa shape index (κ3) is 3.57. The van der Waals surface area contributed by atoms with Gasteiger partial charge in [-0.3, -0.25) is 0 Å². The van der Waals surface area contributed by atoms with Gasteiger partial charge >= 0.3 is 0 Å². The number of aromatic nitrogens is 2. The second kappa shape index (κ2) is 6.35. The van der Waals surface area contributed by atoms with E-state index in [0.29, 0.717) is 12.0 Å². The molecule has 0 saturated heterocycles. The summed E-state index contributed by atoms with van der Waals surface area (Å²) in [7, 11) is -3.86. The van der Waals surface area contributed by atoms with Gasteiger partial charge in [-0.2, -0.15) is 4.98 Å². The summed E-state index contributed by atoms with van der Waals surface area (Å²) in [6, 6.07) is 2.47. The van der Waals surface area contributed by atoms with Crippen molar-refractivity contribution in [3.8, 4) is 0 Å². The van der Waals surface area contributed by atoms with Gasteiger partial charge in [-0.25, -0.2) is 17.2 Å². The standard InChI is InChI=1S/C15H16F2N2O3S/c16-12-7-6-11(8-13(12)17)23(20,21)9-14-18-15(22-19-14)10-4-2-1-3-5-10/h6-8,10H,1-5,9H2. The molecule has 1 aromatic heterocycles. The molecule has 3 rings (SSSR count). The Kier molecular flexibility index (Phi) is 4.43. The Morgan fingerprint density at radius 2 is 1.87 bits per heavy atom. The highest BCUT2D eigenvalue weighted by atomic mass is 32.2. The van der Waals surface area contributed by atoms with E-state index >= 15 is 0 Å². The number of rotatable bonds is 4. The Morgan fingerprint density at radius 1 is 1.13 bits per heavy atom. The van der Waals surface area contributed by atoms with Crippen LogP contribution >= 0.6 is 0 Å². The third-order valence-corrected chi connectivity index (χ3v) is 5.62. The summed E-state index contributed by atoms with van der Waals surface area (Å²) in [4.78, 5) is 3.85. The fourth-order valence-corrected chi connectivity index (χ4v) is 3.95. The average molecular weight is 342 g/mol. The van der Waals surface area contributed by atoms with E-state index in [4.69, 9.17) is 4.52 Å². The van der Waals surface area contributed by atoms with Crippen molar-refractivity contribution in [3.63, 3.8) is 0 Å². The van der Waals surface area contributed by atoms with Crippen molar-refractivity contribution in [2.75, 3.05) is 0 Å². The van der Waals surface area contributed by atoms with Gasteiger partial charge in [-0.05, 0) is 31.0 Å². The number of halogens is 2.